The highest BCUT2D eigenvalue weighted by atomic mass is 19.1. The molecule has 0 bridgehead atoms. The second-order valence-corrected chi connectivity index (χ2v) is 7.94. The molecule has 1 aliphatic heterocycles. The highest BCUT2D eigenvalue weighted by molar-refractivity contribution is 5.98. The minimum atomic E-state index is -0.451. The molecule has 1 fully saturated rings. The van der Waals surface area contributed by atoms with Crippen molar-refractivity contribution >= 4 is 23.1 Å². The van der Waals surface area contributed by atoms with Gasteiger partial charge in [-0.15, -0.1) is 0 Å². The highest BCUT2D eigenvalue weighted by Crippen LogP contribution is 2.26. The number of piperazine rings is 1. The van der Waals surface area contributed by atoms with Gasteiger partial charge in [0.2, 0.25) is 5.91 Å². The number of ketones is 1. The summed E-state index contributed by atoms with van der Waals surface area (Å²) in [5.41, 5.74) is 3.07. The predicted octanol–water partition coefficient (Wildman–Crippen LogP) is 4.53. The van der Waals surface area contributed by atoms with Gasteiger partial charge in [0.05, 0.1) is 0 Å². The smallest absolute Gasteiger partial charge is 0.246 e. The van der Waals surface area contributed by atoms with E-state index in [2.05, 4.69) is 15.1 Å². The molecule has 1 N–H and O–H groups in total. The minimum Gasteiger partial charge on any atom is -0.369 e. The van der Waals surface area contributed by atoms with Crippen molar-refractivity contribution in [3.05, 3.63) is 95.8 Å². The third-order valence-corrected chi connectivity index (χ3v) is 5.77. The number of rotatable bonds is 6. The van der Waals surface area contributed by atoms with Crippen LogP contribution < -0.4 is 10.2 Å². The largest absolute Gasteiger partial charge is 0.369 e. The minimum absolute atomic E-state index is 0.0439. The maximum absolute atomic E-state index is 13.4. The van der Waals surface area contributed by atoms with Gasteiger partial charge in [0, 0.05) is 43.1 Å². The van der Waals surface area contributed by atoms with Gasteiger partial charge in [-0.2, -0.15) is 0 Å². The zero-order valence-electron chi connectivity index (χ0n) is 18.0. The zero-order valence-corrected chi connectivity index (χ0v) is 18.0. The van der Waals surface area contributed by atoms with E-state index in [1.807, 2.05) is 30.3 Å². The van der Waals surface area contributed by atoms with Gasteiger partial charge >= 0.3 is 0 Å². The van der Waals surface area contributed by atoms with Gasteiger partial charge in [-0.25, -0.2) is 4.39 Å². The second kappa shape index (κ2) is 9.75. The first-order valence-electron chi connectivity index (χ1n) is 10.7. The maximum atomic E-state index is 13.4. The fourth-order valence-corrected chi connectivity index (χ4v) is 4.08. The number of nitrogens with one attached hydrogen (secondary N) is 1. The zero-order chi connectivity index (χ0) is 22.5. The summed E-state index contributed by atoms with van der Waals surface area (Å²) in [6.07, 6.45) is 0. The topological polar surface area (TPSA) is 52.7 Å². The molecule has 1 atom stereocenters. The van der Waals surface area contributed by atoms with Crippen molar-refractivity contribution in [3.8, 4) is 0 Å². The van der Waals surface area contributed by atoms with E-state index in [0.717, 1.165) is 24.3 Å². The van der Waals surface area contributed by atoms with E-state index in [4.69, 9.17) is 0 Å². The van der Waals surface area contributed by atoms with Crippen molar-refractivity contribution in [2.24, 2.45) is 0 Å². The monoisotopic (exact) mass is 431 g/mol. The van der Waals surface area contributed by atoms with Crippen molar-refractivity contribution in [3.63, 3.8) is 0 Å². The van der Waals surface area contributed by atoms with Gasteiger partial charge in [0.25, 0.3) is 0 Å². The molecule has 164 valence electrons. The van der Waals surface area contributed by atoms with Crippen molar-refractivity contribution in [2.45, 2.75) is 13.0 Å². The van der Waals surface area contributed by atoms with Crippen molar-refractivity contribution in [2.75, 3.05) is 36.4 Å². The number of anilines is 2. The molecule has 1 saturated heterocycles. The number of halogens is 1. The van der Waals surface area contributed by atoms with Crippen molar-refractivity contribution < 1.29 is 14.0 Å². The lowest BCUT2D eigenvalue weighted by Gasteiger charge is -2.39. The molecule has 3 aromatic rings. The molecule has 1 unspecified atom stereocenters. The summed E-state index contributed by atoms with van der Waals surface area (Å²) in [5, 5.41) is 2.99. The molecule has 0 aliphatic carbocycles. The third kappa shape index (κ3) is 5.03. The Hall–Kier alpha value is -3.51. The van der Waals surface area contributed by atoms with E-state index < -0.39 is 6.04 Å². The van der Waals surface area contributed by atoms with E-state index in [9.17, 15) is 14.0 Å². The molecule has 4 rings (SSSR count). The van der Waals surface area contributed by atoms with E-state index >= 15 is 0 Å². The molecule has 0 radical (unpaired) electrons. The van der Waals surface area contributed by atoms with Gasteiger partial charge in [-0.1, -0.05) is 42.5 Å². The Balaban J connectivity index is 1.51. The van der Waals surface area contributed by atoms with Crippen LogP contribution >= 0.6 is 0 Å². The van der Waals surface area contributed by atoms with Crippen LogP contribution in [-0.4, -0.2) is 42.8 Å². The molecule has 1 heterocycles. The Labute approximate surface area is 187 Å². The van der Waals surface area contributed by atoms with Crippen molar-refractivity contribution in [1.29, 1.82) is 0 Å². The van der Waals surface area contributed by atoms with Gasteiger partial charge in [0.15, 0.2) is 5.78 Å². The molecule has 5 nitrogen and oxygen atoms in total. The Morgan fingerprint density at radius 3 is 2.22 bits per heavy atom. The predicted molar refractivity (Wildman–Crippen MR) is 124 cm³/mol. The number of carbonyl (C=O) groups is 2. The summed E-state index contributed by atoms with van der Waals surface area (Å²) < 4.78 is 13.3. The van der Waals surface area contributed by atoms with Crippen LogP contribution in [0.5, 0.6) is 0 Å². The summed E-state index contributed by atoms with van der Waals surface area (Å²) >= 11 is 0. The first-order valence-corrected chi connectivity index (χ1v) is 10.7. The second-order valence-electron chi connectivity index (χ2n) is 7.94. The number of amides is 1. The molecular weight excluding hydrogens is 405 g/mol. The Morgan fingerprint density at radius 1 is 0.875 bits per heavy atom. The standard InChI is InChI=1S/C26H26FN3O2/c1-19(31)21-8-5-9-23(18-21)28-26(32)25(20-6-3-2-4-7-20)30-16-14-29(15-17-30)24-12-10-22(27)11-13-24/h2-13,18,25H,14-17H2,1H3,(H,28,32). The summed E-state index contributed by atoms with van der Waals surface area (Å²) in [5.74, 6) is -0.424. The van der Waals surface area contributed by atoms with Gasteiger partial charge in [-0.05, 0) is 48.9 Å². The molecule has 0 spiro atoms. The molecule has 1 aliphatic rings. The van der Waals surface area contributed by atoms with Crippen molar-refractivity contribution in [1.82, 2.24) is 4.90 Å². The lowest BCUT2D eigenvalue weighted by atomic mass is 10.0. The summed E-state index contributed by atoms with van der Waals surface area (Å²) in [7, 11) is 0. The fourth-order valence-electron chi connectivity index (χ4n) is 4.08. The van der Waals surface area contributed by atoms with E-state index in [1.165, 1.54) is 19.1 Å². The molecule has 1 amide bonds. The summed E-state index contributed by atoms with van der Waals surface area (Å²) in [6.45, 7) is 4.37. The van der Waals surface area contributed by atoms with Crippen LogP contribution in [0.4, 0.5) is 15.8 Å². The molecular formula is C26H26FN3O2. The number of hydrogen-bond donors (Lipinski definition) is 1. The molecule has 3 aromatic carbocycles. The number of benzene rings is 3. The lowest BCUT2D eigenvalue weighted by Crippen LogP contribution is -2.50. The summed E-state index contributed by atoms with van der Waals surface area (Å²) in [4.78, 5) is 29.5. The van der Waals surface area contributed by atoms with Gasteiger partial charge in [-0.3, -0.25) is 14.5 Å². The molecule has 0 aromatic heterocycles. The van der Waals surface area contributed by atoms with Crippen LogP contribution in [0.3, 0.4) is 0 Å². The average molecular weight is 432 g/mol. The van der Waals surface area contributed by atoms with Crippen LogP contribution in [0.25, 0.3) is 0 Å². The normalized spacial score (nSPS) is 15.2. The van der Waals surface area contributed by atoms with Gasteiger partial charge < -0.3 is 10.2 Å². The Kier molecular flexibility index (Phi) is 6.61. The number of Topliss-reactive ketones (excluding diaryl/α,β-unsaturated/α-hetero) is 1. The molecule has 32 heavy (non-hydrogen) atoms. The fraction of sp³-hybridized carbons (Fsp3) is 0.231. The average Bonchev–Trinajstić information content (AvgIpc) is 2.81. The molecule has 0 saturated carbocycles. The number of hydrogen-bond acceptors (Lipinski definition) is 4. The quantitative estimate of drug-likeness (QED) is 0.583. The van der Waals surface area contributed by atoms with E-state index in [1.54, 1.807) is 36.4 Å². The van der Waals surface area contributed by atoms with E-state index in [0.29, 0.717) is 24.3 Å². The van der Waals surface area contributed by atoms with Gasteiger partial charge in [0.1, 0.15) is 11.9 Å². The molecule has 6 heteroatoms. The Morgan fingerprint density at radius 2 is 1.56 bits per heavy atom. The van der Waals surface area contributed by atoms with Crippen LogP contribution in [-0.2, 0) is 4.79 Å². The van der Waals surface area contributed by atoms with Crippen LogP contribution in [0.1, 0.15) is 28.9 Å². The first kappa shape index (κ1) is 21.7. The first-order chi connectivity index (χ1) is 15.5. The van der Waals surface area contributed by atoms with Crippen LogP contribution in [0.2, 0.25) is 0 Å². The van der Waals surface area contributed by atoms with E-state index in [-0.39, 0.29) is 17.5 Å². The van der Waals surface area contributed by atoms with Crippen LogP contribution in [0, 0.1) is 5.82 Å². The SMILES string of the molecule is CC(=O)c1cccc(NC(=O)C(c2ccccc2)N2CCN(c3ccc(F)cc3)CC2)c1. The highest BCUT2D eigenvalue weighted by Gasteiger charge is 2.30. The number of carbonyl (C=O) groups excluding carboxylic acids is 2. The number of nitrogens with zero attached hydrogens (tertiary/aromatic N) is 2. The summed E-state index contributed by atoms with van der Waals surface area (Å²) in [6, 6.07) is 22.8. The lowest BCUT2D eigenvalue weighted by molar-refractivity contribution is -0.121. The van der Waals surface area contributed by atoms with Crippen LogP contribution in [0.15, 0.2) is 78.9 Å². The third-order valence-electron chi connectivity index (χ3n) is 5.77. The Bertz CT molecular complexity index is 1080. The maximum Gasteiger partial charge on any atom is 0.246 e.